The molecule has 0 radical (unpaired) electrons. The Balaban J connectivity index is 0.00000144. The summed E-state index contributed by atoms with van der Waals surface area (Å²) in [7, 11) is 0. The van der Waals surface area contributed by atoms with Crippen LogP contribution in [0.4, 0.5) is 0 Å². The average Bonchev–Trinajstić information content (AvgIpc) is 2.69. The number of nitrogens with one attached hydrogen (secondary N) is 1. The number of thioether (sulfide) groups is 1. The number of guanidine groups is 1. The lowest BCUT2D eigenvalue weighted by atomic mass is 9.84. The van der Waals surface area contributed by atoms with Crippen LogP contribution in [0.15, 0.2) is 4.99 Å². The van der Waals surface area contributed by atoms with E-state index in [1.807, 2.05) is 11.8 Å². The number of nitrogens with zero attached hydrogens (tertiary/aromatic N) is 1. The van der Waals surface area contributed by atoms with Crippen molar-refractivity contribution in [3.8, 4) is 0 Å². The molecule has 2 fully saturated rings. The summed E-state index contributed by atoms with van der Waals surface area (Å²) in [6.07, 6.45) is 11.3. The molecule has 0 atom stereocenters. The molecule has 0 amide bonds. The predicted octanol–water partition coefficient (Wildman–Crippen LogP) is 2.74. The van der Waals surface area contributed by atoms with Gasteiger partial charge in [-0.2, -0.15) is 11.8 Å². The Hall–Kier alpha value is 0.350. The molecule has 3 N–H and O–H groups in total. The molecule has 5 heteroatoms. The Morgan fingerprint density at radius 2 is 2.00 bits per heavy atom. The van der Waals surface area contributed by atoms with Gasteiger partial charge in [-0.15, -0.1) is 24.0 Å². The van der Waals surface area contributed by atoms with E-state index in [4.69, 9.17) is 5.73 Å². The molecular formula is C12H24IN3S. The first kappa shape index (κ1) is 15.4. The highest BCUT2D eigenvalue weighted by Crippen LogP contribution is 2.42. The Labute approximate surface area is 126 Å². The second kappa shape index (κ2) is 7.07. The van der Waals surface area contributed by atoms with E-state index in [0.29, 0.717) is 16.7 Å². The van der Waals surface area contributed by atoms with Gasteiger partial charge in [0.1, 0.15) is 0 Å². The second-order valence-corrected chi connectivity index (χ2v) is 6.34. The summed E-state index contributed by atoms with van der Waals surface area (Å²) < 4.78 is 0.405. The Morgan fingerprint density at radius 1 is 1.35 bits per heavy atom. The third kappa shape index (κ3) is 4.19. The summed E-state index contributed by atoms with van der Waals surface area (Å²) in [5, 5.41) is 3.34. The quantitative estimate of drug-likeness (QED) is 0.455. The van der Waals surface area contributed by atoms with E-state index in [1.54, 1.807) is 0 Å². The summed E-state index contributed by atoms with van der Waals surface area (Å²) in [4.78, 5) is 4.52. The maximum Gasteiger partial charge on any atom is 0.188 e. The first-order valence-corrected chi connectivity index (χ1v) is 7.58. The van der Waals surface area contributed by atoms with Crippen LogP contribution in [0.5, 0.6) is 0 Å². The van der Waals surface area contributed by atoms with Crippen molar-refractivity contribution in [2.24, 2.45) is 10.7 Å². The number of nitrogens with two attached hydrogens (primary N) is 1. The molecule has 0 aromatic carbocycles. The fourth-order valence-electron chi connectivity index (χ4n) is 2.55. The van der Waals surface area contributed by atoms with Gasteiger partial charge in [-0.3, -0.25) is 4.99 Å². The molecule has 100 valence electrons. The average molecular weight is 369 g/mol. The van der Waals surface area contributed by atoms with E-state index < -0.39 is 0 Å². The smallest absolute Gasteiger partial charge is 0.188 e. The maximum absolute atomic E-state index is 5.92. The minimum absolute atomic E-state index is 0. The number of aliphatic imine (C=N–C) groups is 1. The molecule has 0 unspecified atom stereocenters. The van der Waals surface area contributed by atoms with Crippen LogP contribution in [0, 0.1) is 0 Å². The lowest BCUT2D eigenvalue weighted by Crippen LogP contribution is -2.41. The SMILES string of the molecule is CSC1(CN=C(N)NC2CCCC2)CCC1.I. The van der Waals surface area contributed by atoms with E-state index >= 15 is 0 Å². The van der Waals surface area contributed by atoms with Crippen molar-refractivity contribution < 1.29 is 0 Å². The zero-order valence-corrected chi connectivity index (χ0v) is 13.7. The molecule has 0 bridgehead atoms. The molecule has 0 spiro atoms. The second-order valence-electron chi connectivity index (χ2n) is 5.07. The standard InChI is InChI=1S/C12H23N3S.HI/c1-16-12(7-4-8-12)9-14-11(13)15-10-5-2-3-6-10;/h10H,2-9H2,1H3,(H3,13,14,15);1H. The van der Waals surface area contributed by atoms with Crippen LogP contribution in [0.25, 0.3) is 0 Å². The van der Waals surface area contributed by atoms with E-state index in [0.717, 1.165) is 6.54 Å². The zero-order chi connectivity index (χ0) is 11.4. The van der Waals surface area contributed by atoms with Gasteiger partial charge in [-0.25, -0.2) is 0 Å². The first-order valence-electron chi connectivity index (χ1n) is 6.36. The van der Waals surface area contributed by atoms with Crippen molar-refractivity contribution in [3.63, 3.8) is 0 Å². The van der Waals surface area contributed by atoms with Crippen LogP contribution >= 0.6 is 35.7 Å². The number of rotatable bonds is 4. The number of halogens is 1. The van der Waals surface area contributed by atoms with Crippen LogP contribution in [0.3, 0.4) is 0 Å². The Kier molecular flexibility index (Phi) is 6.40. The van der Waals surface area contributed by atoms with Gasteiger partial charge in [0.25, 0.3) is 0 Å². The van der Waals surface area contributed by atoms with Crippen molar-refractivity contribution in [2.75, 3.05) is 12.8 Å². The van der Waals surface area contributed by atoms with Gasteiger partial charge in [0.05, 0.1) is 6.54 Å². The molecule has 0 aliphatic heterocycles. The van der Waals surface area contributed by atoms with E-state index in [2.05, 4.69) is 16.6 Å². The van der Waals surface area contributed by atoms with Crippen molar-refractivity contribution in [2.45, 2.75) is 55.7 Å². The van der Waals surface area contributed by atoms with Gasteiger partial charge >= 0.3 is 0 Å². The molecule has 2 rings (SSSR count). The summed E-state index contributed by atoms with van der Waals surface area (Å²) in [6.45, 7) is 0.889. The number of hydrogen-bond donors (Lipinski definition) is 2. The fourth-order valence-corrected chi connectivity index (χ4v) is 3.44. The lowest BCUT2D eigenvalue weighted by molar-refractivity contribution is 0.372. The molecule has 2 saturated carbocycles. The third-order valence-electron chi connectivity index (χ3n) is 3.94. The molecular weight excluding hydrogens is 345 g/mol. The summed E-state index contributed by atoms with van der Waals surface area (Å²) in [5.74, 6) is 0.659. The van der Waals surface area contributed by atoms with Gasteiger partial charge in [0.2, 0.25) is 0 Å². The summed E-state index contributed by atoms with van der Waals surface area (Å²) >= 11 is 1.95. The predicted molar refractivity (Wildman–Crippen MR) is 87.4 cm³/mol. The van der Waals surface area contributed by atoms with Crippen molar-refractivity contribution in [3.05, 3.63) is 0 Å². The highest BCUT2D eigenvalue weighted by molar-refractivity contribution is 14.0. The molecule has 3 nitrogen and oxygen atoms in total. The maximum atomic E-state index is 5.92. The molecule has 0 heterocycles. The van der Waals surface area contributed by atoms with Crippen molar-refractivity contribution >= 4 is 41.7 Å². The molecule has 0 saturated heterocycles. The molecule has 17 heavy (non-hydrogen) atoms. The Bertz CT molecular complexity index is 255. The Morgan fingerprint density at radius 3 is 2.47 bits per heavy atom. The van der Waals surface area contributed by atoms with Gasteiger partial charge in [0, 0.05) is 10.8 Å². The summed E-state index contributed by atoms with van der Waals surface area (Å²) in [5.41, 5.74) is 5.92. The van der Waals surface area contributed by atoms with Crippen LogP contribution < -0.4 is 11.1 Å². The van der Waals surface area contributed by atoms with Gasteiger partial charge in [-0.05, 0) is 31.9 Å². The minimum atomic E-state index is 0. The van der Waals surface area contributed by atoms with Gasteiger partial charge < -0.3 is 11.1 Å². The minimum Gasteiger partial charge on any atom is -0.370 e. The van der Waals surface area contributed by atoms with Crippen LogP contribution in [-0.2, 0) is 0 Å². The normalized spacial score (nSPS) is 23.9. The fraction of sp³-hybridized carbons (Fsp3) is 0.917. The van der Waals surface area contributed by atoms with Crippen LogP contribution in [0.2, 0.25) is 0 Å². The topological polar surface area (TPSA) is 50.4 Å². The van der Waals surface area contributed by atoms with Crippen molar-refractivity contribution in [1.29, 1.82) is 0 Å². The number of hydrogen-bond acceptors (Lipinski definition) is 2. The van der Waals surface area contributed by atoms with E-state index in [-0.39, 0.29) is 24.0 Å². The molecule has 2 aliphatic carbocycles. The van der Waals surface area contributed by atoms with E-state index in [1.165, 1.54) is 44.9 Å². The molecule has 0 aromatic heterocycles. The van der Waals surface area contributed by atoms with Crippen LogP contribution in [-0.4, -0.2) is 29.5 Å². The van der Waals surface area contributed by atoms with Crippen molar-refractivity contribution in [1.82, 2.24) is 5.32 Å². The molecule has 2 aliphatic rings. The highest BCUT2D eigenvalue weighted by atomic mass is 127. The van der Waals surface area contributed by atoms with E-state index in [9.17, 15) is 0 Å². The van der Waals surface area contributed by atoms with Gasteiger partial charge in [-0.1, -0.05) is 19.3 Å². The molecule has 0 aromatic rings. The lowest BCUT2D eigenvalue weighted by Gasteiger charge is -2.39. The van der Waals surface area contributed by atoms with Crippen LogP contribution in [0.1, 0.15) is 44.9 Å². The monoisotopic (exact) mass is 369 g/mol. The third-order valence-corrected chi connectivity index (χ3v) is 5.35. The first-order chi connectivity index (χ1) is 7.74. The largest absolute Gasteiger partial charge is 0.370 e. The highest BCUT2D eigenvalue weighted by Gasteiger charge is 2.35. The zero-order valence-electron chi connectivity index (χ0n) is 10.6. The van der Waals surface area contributed by atoms with Gasteiger partial charge in [0.15, 0.2) is 5.96 Å². The summed E-state index contributed by atoms with van der Waals surface area (Å²) in [6, 6.07) is 0.579.